The third kappa shape index (κ3) is 4.95. The highest BCUT2D eigenvalue weighted by atomic mass is 32.2. The SMILES string of the molecule is O=C(CCC1CCCOC1)NCc1cccc(N2CCCS2(=O)=O)c1. The summed E-state index contributed by atoms with van der Waals surface area (Å²) in [6.45, 7) is 2.55. The quantitative estimate of drug-likeness (QED) is 0.836. The lowest BCUT2D eigenvalue weighted by Gasteiger charge is -2.21. The van der Waals surface area contributed by atoms with Crippen LogP contribution in [0.4, 0.5) is 5.69 Å². The van der Waals surface area contributed by atoms with Crippen molar-refractivity contribution in [1.29, 1.82) is 0 Å². The van der Waals surface area contributed by atoms with E-state index in [1.165, 1.54) is 4.31 Å². The van der Waals surface area contributed by atoms with E-state index in [1.54, 1.807) is 6.07 Å². The van der Waals surface area contributed by atoms with Crippen molar-refractivity contribution in [2.24, 2.45) is 5.92 Å². The lowest BCUT2D eigenvalue weighted by atomic mass is 9.97. The van der Waals surface area contributed by atoms with Gasteiger partial charge in [-0.25, -0.2) is 8.42 Å². The molecule has 3 rings (SSSR count). The maximum absolute atomic E-state index is 12.0. The molecule has 2 saturated heterocycles. The van der Waals surface area contributed by atoms with E-state index in [1.807, 2.05) is 18.2 Å². The second kappa shape index (κ2) is 8.19. The Morgan fingerprint density at radius 3 is 2.92 bits per heavy atom. The van der Waals surface area contributed by atoms with E-state index in [0.29, 0.717) is 37.5 Å². The van der Waals surface area contributed by atoms with Crippen molar-refractivity contribution < 1.29 is 17.9 Å². The summed E-state index contributed by atoms with van der Waals surface area (Å²) in [5, 5.41) is 2.93. The molecule has 1 amide bonds. The normalized spacial score (nSPS) is 22.7. The Labute approximate surface area is 149 Å². The van der Waals surface area contributed by atoms with Crippen LogP contribution in [-0.4, -0.2) is 39.8 Å². The van der Waals surface area contributed by atoms with Gasteiger partial charge in [0.05, 0.1) is 11.4 Å². The van der Waals surface area contributed by atoms with E-state index in [9.17, 15) is 13.2 Å². The molecule has 1 aromatic rings. The maximum atomic E-state index is 12.0. The number of sulfonamides is 1. The fraction of sp³-hybridized carbons (Fsp3) is 0.611. The van der Waals surface area contributed by atoms with E-state index in [2.05, 4.69) is 5.32 Å². The first-order chi connectivity index (χ1) is 12.0. The van der Waals surface area contributed by atoms with Crippen LogP contribution in [-0.2, 0) is 26.1 Å². The van der Waals surface area contributed by atoms with Gasteiger partial charge in [0.1, 0.15) is 0 Å². The van der Waals surface area contributed by atoms with Gasteiger partial charge in [-0.3, -0.25) is 9.10 Å². The number of hydrogen-bond acceptors (Lipinski definition) is 4. The van der Waals surface area contributed by atoms with Crippen LogP contribution in [0.15, 0.2) is 24.3 Å². The second-order valence-corrected chi connectivity index (χ2v) is 8.82. The van der Waals surface area contributed by atoms with Gasteiger partial charge < -0.3 is 10.1 Å². The molecule has 0 aliphatic carbocycles. The number of rotatable bonds is 6. The number of carbonyl (C=O) groups is 1. The Bertz CT molecular complexity index is 699. The van der Waals surface area contributed by atoms with Crippen molar-refractivity contribution in [3.63, 3.8) is 0 Å². The minimum atomic E-state index is -3.18. The molecule has 6 nitrogen and oxygen atoms in total. The number of hydrogen-bond donors (Lipinski definition) is 1. The fourth-order valence-corrected chi connectivity index (χ4v) is 4.97. The van der Waals surface area contributed by atoms with Gasteiger partial charge in [-0.2, -0.15) is 0 Å². The highest BCUT2D eigenvalue weighted by Gasteiger charge is 2.28. The lowest BCUT2D eigenvalue weighted by Crippen LogP contribution is -2.26. The van der Waals surface area contributed by atoms with Gasteiger partial charge in [-0.05, 0) is 49.3 Å². The number of amides is 1. The summed E-state index contributed by atoms with van der Waals surface area (Å²) >= 11 is 0. The average Bonchev–Trinajstić information content (AvgIpc) is 2.98. The molecular weight excluding hydrogens is 340 g/mol. The van der Waals surface area contributed by atoms with E-state index in [4.69, 9.17) is 4.74 Å². The van der Waals surface area contributed by atoms with Crippen LogP contribution in [0, 0.1) is 5.92 Å². The first-order valence-corrected chi connectivity index (χ1v) is 10.6. The van der Waals surface area contributed by atoms with Gasteiger partial charge in [0.2, 0.25) is 15.9 Å². The Hall–Kier alpha value is -1.60. The van der Waals surface area contributed by atoms with Crippen LogP contribution < -0.4 is 9.62 Å². The van der Waals surface area contributed by atoms with Crippen molar-refractivity contribution in [1.82, 2.24) is 5.32 Å². The van der Waals surface area contributed by atoms with Crippen LogP contribution >= 0.6 is 0 Å². The maximum Gasteiger partial charge on any atom is 0.235 e. The van der Waals surface area contributed by atoms with Crippen LogP contribution in [0.25, 0.3) is 0 Å². The third-order valence-electron chi connectivity index (χ3n) is 4.82. The minimum absolute atomic E-state index is 0.0322. The van der Waals surface area contributed by atoms with E-state index in [-0.39, 0.29) is 11.7 Å². The molecular formula is C18H26N2O4S. The highest BCUT2D eigenvalue weighted by Crippen LogP contribution is 2.24. The van der Waals surface area contributed by atoms with E-state index < -0.39 is 10.0 Å². The van der Waals surface area contributed by atoms with Gasteiger partial charge in [-0.15, -0.1) is 0 Å². The predicted molar refractivity (Wildman–Crippen MR) is 96.8 cm³/mol. The van der Waals surface area contributed by atoms with Crippen molar-refractivity contribution in [3.8, 4) is 0 Å². The van der Waals surface area contributed by atoms with Gasteiger partial charge in [0, 0.05) is 32.7 Å². The summed E-state index contributed by atoms with van der Waals surface area (Å²) in [7, 11) is -3.18. The van der Waals surface area contributed by atoms with E-state index in [0.717, 1.165) is 38.0 Å². The Morgan fingerprint density at radius 2 is 2.20 bits per heavy atom. The summed E-state index contributed by atoms with van der Waals surface area (Å²) in [6.07, 6.45) is 4.25. The number of benzene rings is 1. The Balaban J connectivity index is 1.49. The third-order valence-corrected chi connectivity index (χ3v) is 6.69. The summed E-state index contributed by atoms with van der Waals surface area (Å²) in [4.78, 5) is 12.0. The molecule has 0 radical (unpaired) electrons. The monoisotopic (exact) mass is 366 g/mol. The van der Waals surface area contributed by atoms with Crippen LogP contribution in [0.2, 0.25) is 0 Å². The minimum Gasteiger partial charge on any atom is -0.381 e. The standard InChI is InChI=1S/C18H26N2O4S/c21-18(8-7-15-5-2-10-24-14-15)19-13-16-4-1-6-17(12-16)20-9-3-11-25(20,22)23/h1,4,6,12,15H,2-3,5,7-11,13-14H2,(H,19,21). The van der Waals surface area contributed by atoms with E-state index >= 15 is 0 Å². The molecule has 2 heterocycles. The van der Waals surface area contributed by atoms with Gasteiger partial charge in [0.15, 0.2) is 0 Å². The van der Waals surface area contributed by atoms with Gasteiger partial charge in [-0.1, -0.05) is 12.1 Å². The zero-order valence-electron chi connectivity index (χ0n) is 14.4. The zero-order valence-corrected chi connectivity index (χ0v) is 15.3. The average molecular weight is 366 g/mol. The lowest BCUT2D eigenvalue weighted by molar-refractivity contribution is -0.121. The summed E-state index contributed by atoms with van der Waals surface area (Å²) in [5.74, 6) is 0.728. The molecule has 1 unspecified atom stereocenters. The molecule has 1 atom stereocenters. The molecule has 2 aliphatic rings. The van der Waals surface area contributed by atoms with Gasteiger partial charge in [0.25, 0.3) is 0 Å². The predicted octanol–water partition coefficient (Wildman–Crippen LogP) is 2.05. The van der Waals surface area contributed by atoms with Crippen molar-refractivity contribution in [2.45, 2.75) is 38.6 Å². The smallest absolute Gasteiger partial charge is 0.235 e. The van der Waals surface area contributed by atoms with Crippen molar-refractivity contribution in [3.05, 3.63) is 29.8 Å². The molecule has 25 heavy (non-hydrogen) atoms. The van der Waals surface area contributed by atoms with Crippen LogP contribution in [0.5, 0.6) is 0 Å². The number of anilines is 1. The number of ether oxygens (including phenoxy) is 1. The molecule has 2 fully saturated rings. The van der Waals surface area contributed by atoms with Crippen molar-refractivity contribution >= 4 is 21.6 Å². The molecule has 0 saturated carbocycles. The number of nitrogens with one attached hydrogen (secondary N) is 1. The topological polar surface area (TPSA) is 75.7 Å². The Morgan fingerprint density at radius 1 is 1.32 bits per heavy atom. The van der Waals surface area contributed by atoms with Crippen LogP contribution in [0.1, 0.15) is 37.7 Å². The summed E-state index contributed by atoms with van der Waals surface area (Å²) in [5.41, 5.74) is 1.59. The molecule has 0 aromatic heterocycles. The largest absolute Gasteiger partial charge is 0.381 e. The molecule has 0 spiro atoms. The number of nitrogens with zero attached hydrogens (tertiary/aromatic N) is 1. The molecule has 2 aliphatic heterocycles. The summed E-state index contributed by atoms with van der Waals surface area (Å²) < 4.78 is 30.9. The van der Waals surface area contributed by atoms with Crippen molar-refractivity contribution in [2.75, 3.05) is 29.8 Å². The fourth-order valence-electron chi connectivity index (χ4n) is 3.41. The molecule has 1 aromatic carbocycles. The van der Waals surface area contributed by atoms with Crippen LogP contribution in [0.3, 0.4) is 0 Å². The number of carbonyl (C=O) groups excluding carboxylic acids is 1. The highest BCUT2D eigenvalue weighted by molar-refractivity contribution is 7.93. The Kier molecular flexibility index (Phi) is 5.96. The van der Waals surface area contributed by atoms with Gasteiger partial charge >= 0.3 is 0 Å². The molecule has 7 heteroatoms. The second-order valence-electron chi connectivity index (χ2n) is 6.81. The first kappa shape index (κ1) is 18.2. The zero-order chi connectivity index (χ0) is 17.7. The first-order valence-electron chi connectivity index (χ1n) is 8.98. The molecule has 138 valence electrons. The molecule has 1 N–H and O–H groups in total. The summed E-state index contributed by atoms with van der Waals surface area (Å²) in [6, 6.07) is 7.39. The molecule has 0 bridgehead atoms.